The van der Waals surface area contributed by atoms with Crippen LogP contribution in [0.4, 0.5) is 5.82 Å². The summed E-state index contributed by atoms with van der Waals surface area (Å²) in [4.78, 5) is 16.0. The Kier molecular flexibility index (Phi) is 5.90. The van der Waals surface area contributed by atoms with Gasteiger partial charge < -0.3 is 19.3 Å². The van der Waals surface area contributed by atoms with Crippen molar-refractivity contribution >= 4 is 17.8 Å². The number of rotatable bonds is 6. The molecule has 3 rings (SSSR count). The van der Waals surface area contributed by atoms with E-state index in [4.69, 9.17) is 9.47 Å². The van der Waals surface area contributed by atoms with E-state index in [9.17, 15) is 4.79 Å². The lowest BCUT2D eigenvalue weighted by Crippen LogP contribution is -2.29. The van der Waals surface area contributed by atoms with Crippen LogP contribution in [-0.2, 0) is 4.79 Å². The lowest BCUT2D eigenvalue weighted by molar-refractivity contribution is -0.125. The third-order valence-corrected chi connectivity index (χ3v) is 4.36. The van der Waals surface area contributed by atoms with Crippen LogP contribution in [-0.4, -0.2) is 61.4 Å². The minimum atomic E-state index is -0.0668. The highest BCUT2D eigenvalue weighted by Crippen LogP contribution is 2.18. The summed E-state index contributed by atoms with van der Waals surface area (Å²) < 4.78 is 11.0. The maximum Gasteiger partial charge on any atom is 0.246 e. The number of hydrogen-bond acceptors (Lipinski definition) is 6. The molecule has 0 saturated carbocycles. The number of ether oxygens (including phenoxy) is 2. The summed E-state index contributed by atoms with van der Waals surface area (Å²) in [5, 5.41) is 8.18. The van der Waals surface area contributed by atoms with Gasteiger partial charge in [0.2, 0.25) is 11.8 Å². The van der Waals surface area contributed by atoms with Gasteiger partial charge in [-0.15, -0.1) is 10.2 Å². The molecule has 27 heavy (non-hydrogen) atoms. The quantitative estimate of drug-likeness (QED) is 0.729. The van der Waals surface area contributed by atoms with E-state index in [0.29, 0.717) is 19.0 Å². The summed E-state index contributed by atoms with van der Waals surface area (Å²) in [5.41, 5.74) is 0.951. The molecule has 7 nitrogen and oxygen atoms in total. The molecule has 0 aliphatic carbocycles. The number of aromatic nitrogens is 2. The standard InChI is InChI=1S/C20H24N4O3/c1-23(2)18-9-10-19(22-21-18)27-17-12-13-24(14-17)20(25)11-6-15-4-7-16(26-3)8-5-15/h4-11,17H,12-14H2,1-3H3/b11-6+. The highest BCUT2D eigenvalue weighted by atomic mass is 16.5. The van der Waals surface area contributed by atoms with E-state index in [1.165, 1.54) is 0 Å². The predicted molar refractivity (Wildman–Crippen MR) is 104 cm³/mol. The Hall–Kier alpha value is -3.09. The molecule has 0 radical (unpaired) electrons. The predicted octanol–water partition coefficient (Wildman–Crippen LogP) is 2.24. The molecule has 1 aromatic heterocycles. The minimum absolute atomic E-state index is 0.0223. The zero-order valence-corrected chi connectivity index (χ0v) is 15.8. The van der Waals surface area contributed by atoms with E-state index in [0.717, 1.165) is 23.6 Å². The van der Waals surface area contributed by atoms with Crippen molar-refractivity contribution in [2.75, 3.05) is 39.2 Å². The van der Waals surface area contributed by atoms with Crippen LogP contribution in [0.15, 0.2) is 42.5 Å². The van der Waals surface area contributed by atoms with Gasteiger partial charge in [-0.3, -0.25) is 4.79 Å². The van der Waals surface area contributed by atoms with E-state index in [-0.39, 0.29) is 12.0 Å². The van der Waals surface area contributed by atoms with Gasteiger partial charge in [-0.25, -0.2) is 0 Å². The summed E-state index contributed by atoms with van der Waals surface area (Å²) in [7, 11) is 5.44. The highest BCUT2D eigenvalue weighted by molar-refractivity contribution is 5.92. The molecule has 0 bridgehead atoms. The molecule has 1 aliphatic rings. The third-order valence-electron chi connectivity index (χ3n) is 4.36. The topological polar surface area (TPSA) is 67.8 Å². The number of nitrogens with zero attached hydrogens (tertiary/aromatic N) is 4. The first-order valence-corrected chi connectivity index (χ1v) is 8.84. The summed E-state index contributed by atoms with van der Waals surface area (Å²) in [5.74, 6) is 2.02. The van der Waals surface area contributed by atoms with Gasteiger partial charge in [-0.05, 0) is 29.8 Å². The van der Waals surface area contributed by atoms with E-state index in [1.807, 2.05) is 49.3 Å². The molecule has 1 aromatic carbocycles. The van der Waals surface area contributed by atoms with Gasteiger partial charge in [0.05, 0.1) is 13.7 Å². The Morgan fingerprint density at radius 3 is 2.59 bits per heavy atom. The summed E-state index contributed by atoms with van der Waals surface area (Å²) in [6.45, 7) is 1.21. The van der Waals surface area contributed by atoms with Crippen LogP contribution in [0.2, 0.25) is 0 Å². The van der Waals surface area contributed by atoms with Crippen molar-refractivity contribution < 1.29 is 14.3 Å². The van der Waals surface area contributed by atoms with Crippen molar-refractivity contribution in [3.8, 4) is 11.6 Å². The number of carbonyl (C=O) groups is 1. The molecule has 1 aliphatic heterocycles. The van der Waals surface area contributed by atoms with Gasteiger partial charge in [-0.2, -0.15) is 0 Å². The molecule has 142 valence electrons. The lowest BCUT2D eigenvalue weighted by Gasteiger charge is -2.15. The number of benzene rings is 1. The van der Waals surface area contributed by atoms with Crippen LogP contribution >= 0.6 is 0 Å². The molecule has 1 amide bonds. The maximum absolute atomic E-state index is 12.4. The maximum atomic E-state index is 12.4. The molecule has 1 unspecified atom stereocenters. The van der Waals surface area contributed by atoms with Gasteiger partial charge in [0.15, 0.2) is 5.82 Å². The van der Waals surface area contributed by atoms with E-state index >= 15 is 0 Å². The second-order valence-electron chi connectivity index (χ2n) is 6.54. The van der Waals surface area contributed by atoms with E-state index < -0.39 is 0 Å². The smallest absolute Gasteiger partial charge is 0.246 e. The van der Waals surface area contributed by atoms with Crippen LogP contribution in [0, 0.1) is 0 Å². The summed E-state index contributed by atoms with van der Waals surface area (Å²) in [6, 6.07) is 11.2. The fourth-order valence-corrected chi connectivity index (χ4v) is 2.80. The molecule has 0 spiro atoms. The van der Waals surface area contributed by atoms with Gasteiger partial charge >= 0.3 is 0 Å². The zero-order chi connectivity index (χ0) is 19.2. The highest BCUT2D eigenvalue weighted by Gasteiger charge is 2.26. The third kappa shape index (κ3) is 4.97. The molecule has 1 atom stereocenters. The van der Waals surface area contributed by atoms with Crippen LogP contribution in [0.1, 0.15) is 12.0 Å². The average molecular weight is 368 g/mol. The van der Waals surface area contributed by atoms with Gasteiger partial charge in [0.25, 0.3) is 0 Å². The first kappa shape index (κ1) is 18.7. The number of anilines is 1. The second kappa shape index (κ2) is 8.53. The fourth-order valence-electron chi connectivity index (χ4n) is 2.80. The number of likely N-dealkylation sites (tertiary alicyclic amines) is 1. The van der Waals surface area contributed by atoms with Crippen molar-refractivity contribution in [1.29, 1.82) is 0 Å². The molecule has 7 heteroatoms. The Labute approximate surface area is 159 Å². The number of methoxy groups -OCH3 is 1. The van der Waals surface area contributed by atoms with E-state index in [1.54, 1.807) is 30.2 Å². The first-order chi connectivity index (χ1) is 13.0. The van der Waals surface area contributed by atoms with E-state index in [2.05, 4.69) is 10.2 Å². The Balaban J connectivity index is 1.52. The number of carbonyl (C=O) groups excluding carboxylic acids is 1. The monoisotopic (exact) mass is 368 g/mol. The largest absolute Gasteiger partial charge is 0.497 e. The Morgan fingerprint density at radius 2 is 1.96 bits per heavy atom. The summed E-state index contributed by atoms with van der Waals surface area (Å²) >= 11 is 0. The molecule has 2 heterocycles. The van der Waals surface area contributed by atoms with Crippen molar-refractivity contribution in [1.82, 2.24) is 15.1 Å². The Bertz CT molecular complexity index is 788. The van der Waals surface area contributed by atoms with Crippen molar-refractivity contribution in [2.24, 2.45) is 0 Å². The van der Waals surface area contributed by atoms with Crippen molar-refractivity contribution in [3.63, 3.8) is 0 Å². The number of hydrogen-bond donors (Lipinski definition) is 0. The van der Waals surface area contributed by atoms with Crippen molar-refractivity contribution in [2.45, 2.75) is 12.5 Å². The SMILES string of the molecule is COc1ccc(/C=C/C(=O)N2CCC(Oc3ccc(N(C)C)nn3)C2)cc1. The van der Waals surface area contributed by atoms with Gasteiger partial charge in [-0.1, -0.05) is 12.1 Å². The Morgan fingerprint density at radius 1 is 1.19 bits per heavy atom. The van der Waals surface area contributed by atoms with Gasteiger partial charge in [0.1, 0.15) is 11.9 Å². The second-order valence-corrected chi connectivity index (χ2v) is 6.54. The normalized spacial score (nSPS) is 16.6. The van der Waals surface area contributed by atoms with Crippen molar-refractivity contribution in [3.05, 3.63) is 48.0 Å². The molecular weight excluding hydrogens is 344 g/mol. The van der Waals surface area contributed by atoms with Crippen LogP contribution in [0.5, 0.6) is 11.6 Å². The summed E-state index contributed by atoms with van der Waals surface area (Å²) in [6.07, 6.45) is 4.11. The van der Waals surface area contributed by atoms with Crippen LogP contribution in [0.25, 0.3) is 6.08 Å². The fraction of sp³-hybridized carbons (Fsp3) is 0.350. The minimum Gasteiger partial charge on any atom is -0.497 e. The molecule has 1 saturated heterocycles. The first-order valence-electron chi connectivity index (χ1n) is 8.84. The average Bonchev–Trinajstić information content (AvgIpc) is 3.15. The van der Waals surface area contributed by atoms with Crippen LogP contribution < -0.4 is 14.4 Å². The van der Waals surface area contributed by atoms with Crippen LogP contribution in [0.3, 0.4) is 0 Å². The molecule has 1 fully saturated rings. The molecule has 0 N–H and O–H groups in total. The lowest BCUT2D eigenvalue weighted by atomic mass is 10.2. The molecule has 2 aromatic rings. The molecular formula is C20H24N4O3. The number of amides is 1. The zero-order valence-electron chi connectivity index (χ0n) is 15.8. The van der Waals surface area contributed by atoms with Gasteiger partial charge in [0, 0.05) is 39.2 Å².